The van der Waals surface area contributed by atoms with Crippen molar-refractivity contribution >= 4 is 28.7 Å². The molecule has 0 saturated carbocycles. The van der Waals surface area contributed by atoms with E-state index in [1.54, 1.807) is 16.9 Å². The van der Waals surface area contributed by atoms with Crippen molar-refractivity contribution in [3.63, 3.8) is 0 Å². The summed E-state index contributed by atoms with van der Waals surface area (Å²) in [5.74, 6) is 0. The second-order valence-corrected chi connectivity index (χ2v) is 8.80. The van der Waals surface area contributed by atoms with Crippen LogP contribution in [0.1, 0.15) is 33.6 Å². The van der Waals surface area contributed by atoms with Crippen LogP contribution in [0.4, 0.5) is 24.5 Å². The number of nitrogens with zero attached hydrogens (tertiary/aromatic N) is 4. The van der Waals surface area contributed by atoms with Crippen molar-refractivity contribution in [3.05, 3.63) is 94.6 Å². The number of halogens is 3. The molecular formula is C25H25F3N6S. The zero-order chi connectivity index (χ0) is 25.2. The molecule has 2 N–H and O–H groups in total. The van der Waals surface area contributed by atoms with Gasteiger partial charge in [-0.25, -0.2) is 0 Å². The summed E-state index contributed by atoms with van der Waals surface area (Å²) in [6.07, 6.45) is -0.826. The van der Waals surface area contributed by atoms with Gasteiger partial charge < -0.3 is 10.6 Å². The summed E-state index contributed by atoms with van der Waals surface area (Å²) in [7, 11) is 0. The predicted octanol–water partition coefficient (Wildman–Crippen LogP) is 5.93. The topological polar surface area (TPSA) is 59.7 Å². The van der Waals surface area contributed by atoms with Crippen LogP contribution in [-0.4, -0.2) is 24.7 Å². The van der Waals surface area contributed by atoms with Gasteiger partial charge in [-0.3, -0.25) is 9.36 Å². The van der Waals surface area contributed by atoms with Crippen molar-refractivity contribution in [2.45, 2.75) is 40.0 Å². The van der Waals surface area contributed by atoms with Gasteiger partial charge >= 0.3 is 6.18 Å². The molecule has 182 valence electrons. The standard InChI is InChI=1S/C25H25F3N6S/c1-16-7-9-19(10-8-16)13-33-15-22(12-29-33)30-24(35)31-23-17(2)32-34(18(23)3)14-20-5-4-6-21(11-20)25(26,27)28/h4-12,15H,13-14H2,1-3H3,(H2,30,31,35). The van der Waals surface area contributed by atoms with Gasteiger partial charge in [0.1, 0.15) is 0 Å². The normalized spacial score (nSPS) is 11.5. The van der Waals surface area contributed by atoms with Crippen LogP contribution in [0.5, 0.6) is 0 Å². The summed E-state index contributed by atoms with van der Waals surface area (Å²) in [5.41, 5.74) is 5.08. The molecule has 0 spiro atoms. The Morgan fingerprint density at radius 1 is 0.971 bits per heavy atom. The Balaban J connectivity index is 1.40. The van der Waals surface area contributed by atoms with Crippen molar-refractivity contribution in [2.75, 3.05) is 10.6 Å². The van der Waals surface area contributed by atoms with E-state index in [0.29, 0.717) is 28.6 Å². The van der Waals surface area contributed by atoms with Crippen LogP contribution in [0.2, 0.25) is 0 Å². The predicted molar refractivity (Wildman–Crippen MR) is 135 cm³/mol. The van der Waals surface area contributed by atoms with E-state index in [4.69, 9.17) is 12.2 Å². The molecule has 0 aliphatic rings. The fourth-order valence-corrected chi connectivity index (χ4v) is 3.94. The second kappa shape index (κ2) is 9.91. The van der Waals surface area contributed by atoms with Crippen LogP contribution in [0.25, 0.3) is 0 Å². The summed E-state index contributed by atoms with van der Waals surface area (Å²) in [6, 6.07) is 13.5. The summed E-state index contributed by atoms with van der Waals surface area (Å²) < 4.78 is 42.6. The molecule has 0 saturated heterocycles. The molecule has 2 aromatic heterocycles. The number of rotatable bonds is 6. The Labute approximate surface area is 206 Å². The minimum atomic E-state index is -4.39. The quantitative estimate of drug-likeness (QED) is 0.323. The van der Waals surface area contributed by atoms with Gasteiger partial charge in [-0.2, -0.15) is 23.4 Å². The lowest BCUT2D eigenvalue weighted by molar-refractivity contribution is -0.137. The van der Waals surface area contributed by atoms with Crippen LogP contribution in [0, 0.1) is 20.8 Å². The zero-order valence-electron chi connectivity index (χ0n) is 19.5. The molecule has 4 aromatic rings. The first-order valence-corrected chi connectivity index (χ1v) is 11.4. The molecule has 6 nitrogen and oxygen atoms in total. The molecule has 2 aromatic carbocycles. The second-order valence-electron chi connectivity index (χ2n) is 8.39. The van der Waals surface area contributed by atoms with Crippen molar-refractivity contribution in [1.82, 2.24) is 19.6 Å². The van der Waals surface area contributed by atoms with E-state index in [9.17, 15) is 13.2 Å². The molecule has 0 unspecified atom stereocenters. The molecule has 10 heteroatoms. The Morgan fingerprint density at radius 2 is 1.71 bits per heavy atom. The van der Waals surface area contributed by atoms with Gasteiger partial charge in [0.25, 0.3) is 0 Å². The van der Waals surface area contributed by atoms with Crippen molar-refractivity contribution < 1.29 is 13.2 Å². The third-order valence-corrected chi connectivity index (χ3v) is 5.77. The number of thiocarbonyl (C=S) groups is 1. The molecule has 4 rings (SSSR count). The van der Waals surface area contributed by atoms with E-state index >= 15 is 0 Å². The molecule has 35 heavy (non-hydrogen) atoms. The van der Waals surface area contributed by atoms with E-state index < -0.39 is 11.7 Å². The third-order valence-electron chi connectivity index (χ3n) is 5.56. The molecule has 0 aliphatic heterocycles. The van der Waals surface area contributed by atoms with Gasteiger partial charge in [-0.05, 0) is 56.2 Å². The highest BCUT2D eigenvalue weighted by Gasteiger charge is 2.30. The molecule has 0 atom stereocenters. The monoisotopic (exact) mass is 498 g/mol. The van der Waals surface area contributed by atoms with Gasteiger partial charge in [0.2, 0.25) is 0 Å². The Morgan fingerprint density at radius 3 is 2.43 bits per heavy atom. The smallest absolute Gasteiger partial charge is 0.330 e. The maximum absolute atomic E-state index is 13.0. The number of nitrogens with one attached hydrogen (secondary N) is 2. The van der Waals surface area contributed by atoms with Crippen molar-refractivity contribution in [2.24, 2.45) is 0 Å². The average molecular weight is 499 g/mol. The van der Waals surface area contributed by atoms with Crippen LogP contribution in [0.3, 0.4) is 0 Å². The van der Waals surface area contributed by atoms with E-state index in [-0.39, 0.29) is 6.54 Å². The molecule has 0 bridgehead atoms. The number of aromatic nitrogens is 4. The van der Waals surface area contributed by atoms with E-state index in [0.717, 1.165) is 29.1 Å². The SMILES string of the molecule is Cc1ccc(Cn2cc(NC(=S)Nc3c(C)nn(Cc4cccc(C(F)(F)F)c4)c3C)cn2)cc1. The minimum Gasteiger partial charge on any atom is -0.330 e. The number of aryl methyl sites for hydroxylation is 2. The highest BCUT2D eigenvalue weighted by molar-refractivity contribution is 7.80. The fourth-order valence-electron chi connectivity index (χ4n) is 3.72. The lowest BCUT2D eigenvalue weighted by Crippen LogP contribution is -2.19. The number of hydrogen-bond acceptors (Lipinski definition) is 3. The summed E-state index contributed by atoms with van der Waals surface area (Å²) in [5, 5.41) is 15.5. The summed E-state index contributed by atoms with van der Waals surface area (Å²) >= 11 is 5.47. The lowest BCUT2D eigenvalue weighted by atomic mass is 10.1. The molecule has 0 fully saturated rings. The first-order chi connectivity index (χ1) is 16.6. The Hall–Kier alpha value is -3.66. The average Bonchev–Trinajstić information content (AvgIpc) is 3.34. The largest absolute Gasteiger partial charge is 0.416 e. The minimum absolute atomic E-state index is 0.213. The highest BCUT2D eigenvalue weighted by atomic mass is 32.1. The maximum atomic E-state index is 13.0. The maximum Gasteiger partial charge on any atom is 0.416 e. The van der Waals surface area contributed by atoms with E-state index in [1.807, 2.05) is 31.6 Å². The Bertz CT molecular complexity index is 1340. The first-order valence-electron chi connectivity index (χ1n) is 10.9. The number of hydrogen-bond donors (Lipinski definition) is 2. The van der Waals surface area contributed by atoms with Crippen molar-refractivity contribution in [1.29, 1.82) is 0 Å². The van der Waals surface area contributed by atoms with Gasteiger partial charge in [-0.1, -0.05) is 42.0 Å². The summed E-state index contributed by atoms with van der Waals surface area (Å²) in [6.45, 7) is 6.57. The van der Waals surface area contributed by atoms with Gasteiger partial charge in [0.05, 0.1) is 47.6 Å². The van der Waals surface area contributed by atoms with Gasteiger partial charge in [0, 0.05) is 6.20 Å². The van der Waals surface area contributed by atoms with Crippen LogP contribution >= 0.6 is 12.2 Å². The van der Waals surface area contributed by atoms with Crippen LogP contribution in [0.15, 0.2) is 60.9 Å². The molecule has 0 aliphatic carbocycles. The zero-order valence-corrected chi connectivity index (χ0v) is 20.3. The van der Waals surface area contributed by atoms with Crippen LogP contribution in [-0.2, 0) is 19.3 Å². The molecule has 2 heterocycles. The first kappa shape index (κ1) is 24.5. The number of alkyl halides is 3. The van der Waals surface area contributed by atoms with E-state index in [1.165, 1.54) is 11.6 Å². The molecule has 0 radical (unpaired) electrons. The number of anilines is 2. The third kappa shape index (κ3) is 6.07. The highest BCUT2D eigenvalue weighted by Crippen LogP contribution is 2.30. The van der Waals surface area contributed by atoms with Crippen LogP contribution < -0.4 is 10.6 Å². The van der Waals surface area contributed by atoms with Crippen molar-refractivity contribution in [3.8, 4) is 0 Å². The number of benzene rings is 2. The van der Waals surface area contributed by atoms with Gasteiger partial charge in [-0.15, -0.1) is 0 Å². The van der Waals surface area contributed by atoms with Gasteiger partial charge in [0.15, 0.2) is 5.11 Å². The fraction of sp³-hybridized carbons (Fsp3) is 0.240. The molecular weight excluding hydrogens is 473 g/mol. The molecule has 0 amide bonds. The Kier molecular flexibility index (Phi) is 6.93. The summed E-state index contributed by atoms with van der Waals surface area (Å²) in [4.78, 5) is 0. The van der Waals surface area contributed by atoms with E-state index in [2.05, 4.69) is 45.1 Å². The lowest BCUT2D eigenvalue weighted by Gasteiger charge is -2.11.